The molecule has 0 saturated carbocycles. The molecule has 0 aromatic heterocycles. The van der Waals surface area contributed by atoms with E-state index in [9.17, 15) is 35.1 Å². The minimum Gasteiger partial charge on any atom is -0.269 e. The second-order valence-corrected chi connectivity index (χ2v) is 3.83. The van der Waals surface area contributed by atoms with E-state index in [0.717, 1.165) is 0 Å². The van der Waals surface area contributed by atoms with Gasteiger partial charge in [-0.05, 0) is 6.42 Å². The van der Waals surface area contributed by atoms with Gasteiger partial charge < -0.3 is 0 Å². The van der Waals surface area contributed by atoms with Crippen molar-refractivity contribution in [3.8, 4) is 0 Å². The Morgan fingerprint density at radius 3 is 1.65 bits per heavy atom. The number of rotatable bonds is 2. The van der Waals surface area contributed by atoms with E-state index in [4.69, 9.17) is 0 Å². The van der Waals surface area contributed by atoms with Gasteiger partial charge in [-0.25, -0.2) is 17.6 Å². The summed E-state index contributed by atoms with van der Waals surface area (Å²) >= 11 is 0. The SMILES string of the molecule is CCC1(F)C(F)(F)C(F)(F)OC1(F)C(C)(F)F. The molecule has 0 radical (unpaired) electrons. The van der Waals surface area contributed by atoms with Gasteiger partial charge >= 0.3 is 23.8 Å². The van der Waals surface area contributed by atoms with Gasteiger partial charge in [0.15, 0.2) is 0 Å². The number of ether oxygens (including phenoxy) is 1. The highest BCUT2D eigenvalue weighted by molar-refractivity contribution is 5.16. The number of alkyl halides is 8. The van der Waals surface area contributed by atoms with Gasteiger partial charge in [-0.15, -0.1) is 0 Å². The van der Waals surface area contributed by atoms with Crippen LogP contribution in [0.25, 0.3) is 0 Å². The lowest BCUT2D eigenvalue weighted by atomic mass is 9.85. The Kier molecular flexibility index (Phi) is 2.76. The summed E-state index contributed by atoms with van der Waals surface area (Å²) in [6.45, 7) is 0.229. The van der Waals surface area contributed by atoms with Crippen LogP contribution in [0.2, 0.25) is 0 Å². The average molecular weight is 272 g/mol. The molecule has 2 atom stereocenters. The van der Waals surface area contributed by atoms with Crippen molar-refractivity contribution in [2.24, 2.45) is 0 Å². The summed E-state index contributed by atoms with van der Waals surface area (Å²) in [5, 5.41) is 0. The fourth-order valence-corrected chi connectivity index (χ4v) is 1.64. The Balaban J connectivity index is 3.48. The largest absolute Gasteiger partial charge is 0.425 e. The van der Waals surface area contributed by atoms with Crippen LogP contribution in [0, 0.1) is 0 Å². The van der Waals surface area contributed by atoms with Crippen molar-refractivity contribution < 1.29 is 39.9 Å². The molecular weight excluding hydrogens is 264 g/mol. The minimum absolute atomic E-state index is 0.311. The molecule has 0 aromatic rings. The molecule has 17 heavy (non-hydrogen) atoms. The van der Waals surface area contributed by atoms with Crippen molar-refractivity contribution >= 4 is 0 Å². The van der Waals surface area contributed by atoms with E-state index in [1.165, 1.54) is 0 Å². The van der Waals surface area contributed by atoms with Gasteiger partial charge in [0, 0.05) is 6.92 Å². The van der Waals surface area contributed by atoms with Crippen molar-refractivity contribution in [3.05, 3.63) is 0 Å². The molecule has 1 heterocycles. The lowest BCUT2D eigenvalue weighted by Gasteiger charge is -2.35. The van der Waals surface area contributed by atoms with E-state index >= 15 is 0 Å². The monoisotopic (exact) mass is 272 g/mol. The first-order valence-electron chi connectivity index (χ1n) is 4.48. The van der Waals surface area contributed by atoms with Crippen molar-refractivity contribution in [3.63, 3.8) is 0 Å². The summed E-state index contributed by atoms with van der Waals surface area (Å²) in [6.07, 6.45) is -7.25. The first-order chi connectivity index (χ1) is 7.27. The zero-order valence-corrected chi connectivity index (χ0v) is 8.64. The van der Waals surface area contributed by atoms with E-state index < -0.39 is 35.9 Å². The normalized spacial score (nSPS) is 40.6. The number of hydrogen-bond acceptors (Lipinski definition) is 1. The lowest BCUT2D eigenvalue weighted by molar-refractivity contribution is -0.368. The highest BCUT2D eigenvalue weighted by atomic mass is 19.3. The topological polar surface area (TPSA) is 9.23 Å². The Morgan fingerprint density at radius 1 is 1.00 bits per heavy atom. The standard InChI is InChI=1S/C8H8F8O/c1-3-5(11)6(12,13)8(15,16)17-7(5,14)4(2,9)10/h3H2,1-2H3. The average Bonchev–Trinajstić information content (AvgIpc) is 2.22. The maximum atomic E-state index is 13.6. The van der Waals surface area contributed by atoms with E-state index in [1.54, 1.807) is 0 Å². The summed E-state index contributed by atoms with van der Waals surface area (Å²) in [4.78, 5) is 0. The maximum Gasteiger partial charge on any atom is 0.425 e. The molecule has 1 aliphatic rings. The van der Waals surface area contributed by atoms with Gasteiger partial charge in [0.25, 0.3) is 0 Å². The molecule has 0 spiro atoms. The summed E-state index contributed by atoms with van der Waals surface area (Å²) in [7, 11) is 0. The van der Waals surface area contributed by atoms with Crippen LogP contribution < -0.4 is 0 Å². The molecular formula is C8H8F8O. The molecule has 1 nitrogen and oxygen atoms in total. The molecule has 1 rings (SSSR count). The quantitative estimate of drug-likeness (QED) is 0.697. The van der Waals surface area contributed by atoms with Crippen LogP contribution in [-0.2, 0) is 4.74 Å². The van der Waals surface area contributed by atoms with Gasteiger partial charge in [0.05, 0.1) is 0 Å². The molecule has 2 unspecified atom stereocenters. The third kappa shape index (κ3) is 1.40. The fourth-order valence-electron chi connectivity index (χ4n) is 1.64. The number of halogens is 8. The summed E-state index contributed by atoms with van der Waals surface area (Å²) in [5.74, 6) is -15.6. The van der Waals surface area contributed by atoms with Crippen molar-refractivity contribution in [2.45, 2.75) is 49.7 Å². The van der Waals surface area contributed by atoms with Crippen LogP contribution in [0.5, 0.6) is 0 Å². The van der Waals surface area contributed by atoms with Crippen LogP contribution in [0.15, 0.2) is 0 Å². The first kappa shape index (κ1) is 14.5. The van der Waals surface area contributed by atoms with E-state index in [-0.39, 0.29) is 6.92 Å². The molecule has 0 N–H and O–H groups in total. The van der Waals surface area contributed by atoms with Gasteiger partial charge in [0.1, 0.15) is 0 Å². The van der Waals surface area contributed by atoms with Gasteiger partial charge in [0.2, 0.25) is 5.67 Å². The highest BCUT2D eigenvalue weighted by Crippen LogP contribution is 2.64. The second kappa shape index (κ2) is 3.24. The zero-order chi connectivity index (χ0) is 13.9. The minimum atomic E-state index is -5.69. The van der Waals surface area contributed by atoms with Crippen molar-refractivity contribution in [2.75, 3.05) is 0 Å². The van der Waals surface area contributed by atoms with E-state index in [2.05, 4.69) is 4.74 Å². The van der Waals surface area contributed by atoms with Gasteiger partial charge in [-0.1, -0.05) is 6.92 Å². The third-order valence-electron chi connectivity index (χ3n) is 2.69. The van der Waals surface area contributed by atoms with Crippen LogP contribution in [-0.4, -0.2) is 29.5 Å². The summed E-state index contributed by atoms with van der Waals surface area (Å²) in [5.41, 5.74) is -4.82. The first-order valence-corrected chi connectivity index (χ1v) is 4.48. The predicted octanol–water partition coefficient (Wildman–Crippen LogP) is 3.68. The molecule has 1 aliphatic heterocycles. The number of hydrogen-bond donors (Lipinski definition) is 0. The summed E-state index contributed by atoms with van der Waals surface area (Å²) < 4.78 is 107. The molecule has 0 aliphatic carbocycles. The Bertz CT molecular complexity index is 322. The molecule has 0 bridgehead atoms. The van der Waals surface area contributed by atoms with E-state index in [1.807, 2.05) is 0 Å². The Labute approximate surface area is 90.7 Å². The Hall–Kier alpha value is -0.600. The predicted molar refractivity (Wildman–Crippen MR) is 39.6 cm³/mol. The maximum absolute atomic E-state index is 13.6. The second-order valence-electron chi connectivity index (χ2n) is 3.83. The zero-order valence-electron chi connectivity index (χ0n) is 8.64. The van der Waals surface area contributed by atoms with Crippen molar-refractivity contribution in [1.29, 1.82) is 0 Å². The van der Waals surface area contributed by atoms with Gasteiger partial charge in [-0.2, -0.15) is 17.6 Å². The molecule has 0 aromatic carbocycles. The molecule has 102 valence electrons. The molecule has 1 fully saturated rings. The van der Waals surface area contributed by atoms with E-state index in [0.29, 0.717) is 6.92 Å². The summed E-state index contributed by atoms with van der Waals surface area (Å²) in [6, 6.07) is 0. The molecule has 0 amide bonds. The Morgan fingerprint density at radius 2 is 1.41 bits per heavy atom. The van der Waals surface area contributed by atoms with Crippen LogP contribution >= 0.6 is 0 Å². The van der Waals surface area contributed by atoms with Crippen LogP contribution in [0.1, 0.15) is 20.3 Å². The molecule has 1 saturated heterocycles. The third-order valence-corrected chi connectivity index (χ3v) is 2.69. The van der Waals surface area contributed by atoms with Crippen LogP contribution in [0.3, 0.4) is 0 Å². The smallest absolute Gasteiger partial charge is 0.269 e. The lowest BCUT2D eigenvalue weighted by Crippen LogP contribution is -2.61. The molecule has 9 heteroatoms. The fraction of sp³-hybridized carbons (Fsp3) is 1.00. The van der Waals surface area contributed by atoms with Gasteiger partial charge in [-0.3, -0.25) is 4.74 Å². The van der Waals surface area contributed by atoms with Crippen LogP contribution in [0.4, 0.5) is 35.1 Å². The van der Waals surface area contributed by atoms with Crippen molar-refractivity contribution in [1.82, 2.24) is 0 Å². The highest BCUT2D eigenvalue weighted by Gasteiger charge is 2.91.